The number of rotatable bonds is 6. The van der Waals surface area contributed by atoms with E-state index < -0.39 is 5.54 Å². The summed E-state index contributed by atoms with van der Waals surface area (Å²) in [7, 11) is 3.90. The molecule has 0 atom stereocenters. The van der Waals surface area contributed by atoms with Gasteiger partial charge in [-0.1, -0.05) is 18.2 Å². The lowest BCUT2D eigenvalue weighted by atomic mass is 9.85. The molecule has 0 aromatic heterocycles. The van der Waals surface area contributed by atoms with Crippen LogP contribution in [0.2, 0.25) is 0 Å². The maximum atomic E-state index is 13.2. The van der Waals surface area contributed by atoms with Crippen molar-refractivity contribution < 1.29 is 14.3 Å². The lowest BCUT2D eigenvalue weighted by Gasteiger charge is -2.44. The summed E-state index contributed by atoms with van der Waals surface area (Å²) in [5.41, 5.74) is 2.45. The molecule has 144 valence electrons. The van der Waals surface area contributed by atoms with E-state index in [4.69, 9.17) is 4.74 Å². The summed E-state index contributed by atoms with van der Waals surface area (Å²) >= 11 is 0. The molecule has 1 aromatic carbocycles. The molecular weight excluding hydrogens is 330 g/mol. The van der Waals surface area contributed by atoms with Crippen LogP contribution in [0.4, 0.5) is 5.69 Å². The summed E-state index contributed by atoms with van der Waals surface area (Å²) in [6.07, 6.45) is 1.35. The Kier molecular flexibility index (Phi) is 6.78. The second-order valence-corrected chi connectivity index (χ2v) is 7.23. The van der Waals surface area contributed by atoms with Gasteiger partial charge < -0.3 is 10.1 Å². The Morgan fingerprint density at radius 3 is 2.27 bits per heavy atom. The van der Waals surface area contributed by atoms with Crippen molar-refractivity contribution in [1.29, 1.82) is 0 Å². The summed E-state index contributed by atoms with van der Waals surface area (Å²) in [4.78, 5) is 29.0. The van der Waals surface area contributed by atoms with E-state index in [1.54, 1.807) is 0 Å². The van der Waals surface area contributed by atoms with Crippen LogP contribution in [0.3, 0.4) is 0 Å². The molecule has 0 saturated carbocycles. The molecule has 0 radical (unpaired) electrons. The molecule has 1 amide bonds. The maximum absolute atomic E-state index is 13.2. The minimum Gasteiger partial charge on any atom is -0.465 e. The van der Waals surface area contributed by atoms with Crippen LogP contribution in [-0.4, -0.2) is 67.6 Å². The molecule has 1 aliphatic heterocycles. The molecule has 1 fully saturated rings. The van der Waals surface area contributed by atoms with Crippen molar-refractivity contribution in [3.05, 3.63) is 29.3 Å². The van der Waals surface area contributed by atoms with Crippen molar-refractivity contribution in [2.45, 2.75) is 39.2 Å². The zero-order valence-electron chi connectivity index (χ0n) is 16.6. The van der Waals surface area contributed by atoms with Crippen molar-refractivity contribution in [1.82, 2.24) is 9.80 Å². The van der Waals surface area contributed by atoms with E-state index in [0.717, 1.165) is 16.8 Å². The van der Waals surface area contributed by atoms with Gasteiger partial charge in [-0.2, -0.15) is 0 Å². The zero-order valence-corrected chi connectivity index (χ0v) is 16.6. The van der Waals surface area contributed by atoms with E-state index in [0.29, 0.717) is 32.5 Å². The number of benzene rings is 1. The second-order valence-electron chi connectivity index (χ2n) is 7.23. The summed E-state index contributed by atoms with van der Waals surface area (Å²) in [5.74, 6) is -0.180. The van der Waals surface area contributed by atoms with Crippen LogP contribution in [-0.2, 0) is 14.3 Å². The quantitative estimate of drug-likeness (QED) is 0.787. The van der Waals surface area contributed by atoms with Gasteiger partial charge in [0.1, 0.15) is 5.54 Å². The Morgan fingerprint density at radius 1 is 1.19 bits per heavy atom. The van der Waals surface area contributed by atoms with E-state index >= 15 is 0 Å². The predicted octanol–water partition coefficient (Wildman–Crippen LogP) is 2.20. The maximum Gasteiger partial charge on any atom is 0.320 e. The normalized spacial score (nSPS) is 17.2. The van der Waals surface area contributed by atoms with Gasteiger partial charge in [0.2, 0.25) is 5.91 Å². The van der Waals surface area contributed by atoms with Crippen molar-refractivity contribution in [2.24, 2.45) is 0 Å². The van der Waals surface area contributed by atoms with E-state index in [1.165, 1.54) is 0 Å². The average Bonchev–Trinajstić information content (AvgIpc) is 2.59. The lowest BCUT2D eigenvalue weighted by molar-refractivity contribution is -0.145. The van der Waals surface area contributed by atoms with E-state index in [1.807, 2.05) is 58.0 Å². The fourth-order valence-electron chi connectivity index (χ4n) is 3.59. The Morgan fingerprint density at radius 2 is 1.77 bits per heavy atom. The fraction of sp³-hybridized carbons (Fsp3) is 0.600. The van der Waals surface area contributed by atoms with Gasteiger partial charge in [-0.15, -0.1) is 0 Å². The number of likely N-dealkylation sites (N-methyl/N-ethyl adjacent to an activating group) is 1. The average molecular weight is 361 g/mol. The Labute approximate surface area is 156 Å². The van der Waals surface area contributed by atoms with Crippen molar-refractivity contribution in [2.75, 3.05) is 45.7 Å². The number of hydrogen-bond donors (Lipinski definition) is 1. The molecule has 1 N–H and O–H groups in total. The van der Waals surface area contributed by atoms with Crippen LogP contribution >= 0.6 is 0 Å². The zero-order chi connectivity index (χ0) is 19.3. The van der Waals surface area contributed by atoms with Crippen LogP contribution in [0.15, 0.2) is 18.2 Å². The minimum absolute atomic E-state index is 0.0238. The highest BCUT2D eigenvalue weighted by Gasteiger charge is 2.43. The van der Waals surface area contributed by atoms with Gasteiger partial charge in [-0.3, -0.25) is 19.4 Å². The number of anilines is 1. The summed E-state index contributed by atoms with van der Waals surface area (Å²) < 4.78 is 5.03. The van der Waals surface area contributed by atoms with E-state index in [9.17, 15) is 9.59 Å². The molecule has 1 saturated heterocycles. The molecule has 1 heterocycles. The molecule has 6 heteroatoms. The van der Waals surface area contributed by atoms with Gasteiger partial charge in [0.15, 0.2) is 0 Å². The topological polar surface area (TPSA) is 61.9 Å². The molecule has 0 unspecified atom stereocenters. The largest absolute Gasteiger partial charge is 0.465 e. The molecule has 0 aliphatic carbocycles. The molecule has 26 heavy (non-hydrogen) atoms. The lowest BCUT2D eigenvalue weighted by Crippen LogP contribution is -2.60. The van der Waals surface area contributed by atoms with E-state index in [2.05, 4.69) is 10.2 Å². The first kappa shape index (κ1) is 20.4. The van der Waals surface area contributed by atoms with Crippen LogP contribution in [0, 0.1) is 13.8 Å². The van der Waals surface area contributed by atoms with Crippen molar-refractivity contribution in [3.8, 4) is 0 Å². The summed E-state index contributed by atoms with van der Waals surface area (Å²) in [6, 6.07) is 6.01. The number of esters is 1. The molecular formula is C20H31N3O3. The molecule has 0 bridgehead atoms. The van der Waals surface area contributed by atoms with Gasteiger partial charge in [-0.05, 0) is 58.8 Å². The number of ether oxygens (including phenoxy) is 1. The fourth-order valence-corrected chi connectivity index (χ4v) is 3.59. The first-order valence-electron chi connectivity index (χ1n) is 9.23. The number of nitrogens with zero attached hydrogens (tertiary/aromatic N) is 2. The standard InChI is InChI=1S/C20H31N3O3/c1-6-26-17(24)14-23-12-10-20(11-13-23,22(4)5)19(25)21-18-15(2)8-7-9-16(18)3/h7-9H,6,10-14H2,1-5H3,(H,21,25). The molecule has 0 spiro atoms. The highest BCUT2D eigenvalue weighted by molar-refractivity contribution is 5.99. The Balaban J connectivity index is 2.09. The SMILES string of the molecule is CCOC(=O)CN1CCC(C(=O)Nc2c(C)cccc2C)(N(C)C)CC1. The van der Waals surface area contributed by atoms with Gasteiger partial charge >= 0.3 is 5.97 Å². The third-order valence-corrected chi connectivity index (χ3v) is 5.34. The molecule has 1 aromatic rings. The number of aryl methyl sites for hydroxylation is 2. The van der Waals surface area contributed by atoms with Crippen molar-refractivity contribution >= 4 is 17.6 Å². The summed E-state index contributed by atoms with van der Waals surface area (Å²) in [6.45, 7) is 7.89. The second kappa shape index (κ2) is 8.64. The highest BCUT2D eigenvalue weighted by atomic mass is 16.5. The number of amides is 1. The van der Waals surface area contributed by atoms with Gasteiger partial charge in [-0.25, -0.2) is 0 Å². The third kappa shape index (κ3) is 4.43. The number of carbonyl (C=O) groups excluding carboxylic acids is 2. The number of likely N-dealkylation sites (tertiary alicyclic amines) is 1. The van der Waals surface area contributed by atoms with Crippen LogP contribution < -0.4 is 5.32 Å². The van der Waals surface area contributed by atoms with Gasteiger partial charge in [0.25, 0.3) is 0 Å². The molecule has 6 nitrogen and oxygen atoms in total. The van der Waals surface area contributed by atoms with Crippen LogP contribution in [0.1, 0.15) is 30.9 Å². The Bertz CT molecular complexity index is 629. The number of piperidine rings is 1. The first-order valence-corrected chi connectivity index (χ1v) is 9.23. The monoisotopic (exact) mass is 361 g/mol. The Hall–Kier alpha value is -1.92. The van der Waals surface area contributed by atoms with E-state index in [-0.39, 0.29) is 18.4 Å². The van der Waals surface area contributed by atoms with Crippen LogP contribution in [0.5, 0.6) is 0 Å². The minimum atomic E-state index is -0.570. The first-order chi connectivity index (χ1) is 12.3. The molecule has 2 rings (SSSR count). The number of hydrogen-bond acceptors (Lipinski definition) is 5. The smallest absolute Gasteiger partial charge is 0.320 e. The number of nitrogens with one attached hydrogen (secondary N) is 1. The molecule has 1 aliphatic rings. The van der Waals surface area contributed by atoms with Crippen LogP contribution in [0.25, 0.3) is 0 Å². The third-order valence-electron chi connectivity index (χ3n) is 5.34. The number of para-hydroxylation sites is 1. The number of carbonyl (C=O) groups is 2. The summed E-state index contributed by atoms with van der Waals surface area (Å²) in [5, 5.41) is 3.16. The van der Waals surface area contributed by atoms with Gasteiger partial charge in [0, 0.05) is 18.8 Å². The predicted molar refractivity (Wildman–Crippen MR) is 103 cm³/mol. The van der Waals surface area contributed by atoms with Crippen molar-refractivity contribution in [3.63, 3.8) is 0 Å². The highest BCUT2D eigenvalue weighted by Crippen LogP contribution is 2.30. The van der Waals surface area contributed by atoms with Gasteiger partial charge in [0.05, 0.1) is 13.2 Å².